The molecular formula is C15H17FO3. The third-order valence-corrected chi connectivity index (χ3v) is 3.89. The third kappa shape index (κ3) is 3.00. The molecule has 102 valence electrons. The zero-order chi connectivity index (χ0) is 14.0. The van der Waals surface area contributed by atoms with E-state index in [1.165, 1.54) is 12.1 Å². The van der Waals surface area contributed by atoms with Gasteiger partial charge in [0.1, 0.15) is 5.82 Å². The zero-order valence-electron chi connectivity index (χ0n) is 10.9. The summed E-state index contributed by atoms with van der Waals surface area (Å²) in [7, 11) is 0. The standard InChI is InChI=1S/C15H17FO3/c1-9-8-12(6-7-13(9)16)14(17)10-2-4-11(5-3-10)15(18)19/h6-8,10-11H,2-5H2,1H3,(H,18,19). The minimum absolute atomic E-state index is 0.00642. The van der Waals surface area contributed by atoms with Crippen molar-refractivity contribution in [3.8, 4) is 0 Å². The van der Waals surface area contributed by atoms with E-state index in [0.717, 1.165) is 0 Å². The smallest absolute Gasteiger partial charge is 0.306 e. The molecule has 0 unspecified atom stereocenters. The summed E-state index contributed by atoms with van der Waals surface area (Å²) in [5.41, 5.74) is 0.989. The maximum Gasteiger partial charge on any atom is 0.306 e. The average Bonchev–Trinajstić information content (AvgIpc) is 2.41. The van der Waals surface area contributed by atoms with Crippen molar-refractivity contribution >= 4 is 11.8 Å². The van der Waals surface area contributed by atoms with Gasteiger partial charge in [0.25, 0.3) is 0 Å². The molecule has 1 fully saturated rings. The normalized spacial score (nSPS) is 23.1. The fourth-order valence-electron chi connectivity index (χ4n) is 2.64. The molecule has 0 spiro atoms. The second-order valence-electron chi connectivity index (χ2n) is 5.21. The van der Waals surface area contributed by atoms with E-state index in [9.17, 15) is 14.0 Å². The van der Waals surface area contributed by atoms with Gasteiger partial charge in [-0.15, -0.1) is 0 Å². The Morgan fingerprint density at radius 3 is 2.26 bits per heavy atom. The molecule has 0 radical (unpaired) electrons. The molecule has 19 heavy (non-hydrogen) atoms. The quantitative estimate of drug-likeness (QED) is 0.853. The van der Waals surface area contributed by atoms with Crippen LogP contribution in [0.1, 0.15) is 41.6 Å². The zero-order valence-corrected chi connectivity index (χ0v) is 10.9. The molecule has 0 saturated heterocycles. The lowest BCUT2D eigenvalue weighted by atomic mass is 9.78. The highest BCUT2D eigenvalue weighted by atomic mass is 19.1. The van der Waals surface area contributed by atoms with Crippen molar-refractivity contribution in [1.82, 2.24) is 0 Å². The van der Waals surface area contributed by atoms with Gasteiger partial charge < -0.3 is 5.11 Å². The summed E-state index contributed by atoms with van der Waals surface area (Å²) in [6.07, 6.45) is 2.30. The summed E-state index contributed by atoms with van der Waals surface area (Å²) in [6.45, 7) is 1.63. The number of aryl methyl sites for hydroxylation is 1. The second kappa shape index (κ2) is 5.51. The SMILES string of the molecule is Cc1cc(C(=O)C2CCC(C(=O)O)CC2)ccc1F. The first-order chi connectivity index (χ1) is 8.99. The molecule has 1 aromatic carbocycles. The van der Waals surface area contributed by atoms with Crippen LogP contribution in [0.3, 0.4) is 0 Å². The van der Waals surface area contributed by atoms with Gasteiger partial charge in [-0.2, -0.15) is 0 Å². The van der Waals surface area contributed by atoms with Crippen LogP contribution in [-0.2, 0) is 4.79 Å². The van der Waals surface area contributed by atoms with Crippen LogP contribution in [0.2, 0.25) is 0 Å². The molecular weight excluding hydrogens is 247 g/mol. The van der Waals surface area contributed by atoms with Gasteiger partial charge in [0.2, 0.25) is 0 Å². The molecule has 4 heteroatoms. The minimum atomic E-state index is -0.775. The number of rotatable bonds is 3. The topological polar surface area (TPSA) is 54.4 Å². The number of halogens is 1. The molecule has 1 aromatic rings. The molecule has 3 nitrogen and oxygen atoms in total. The fourth-order valence-corrected chi connectivity index (χ4v) is 2.64. The van der Waals surface area contributed by atoms with Crippen LogP contribution in [0.25, 0.3) is 0 Å². The molecule has 1 aliphatic rings. The molecule has 0 aromatic heterocycles. The van der Waals surface area contributed by atoms with E-state index in [0.29, 0.717) is 36.8 Å². The van der Waals surface area contributed by atoms with Crippen molar-refractivity contribution in [1.29, 1.82) is 0 Å². The molecule has 0 amide bonds. The average molecular weight is 264 g/mol. The Labute approximate surface area is 111 Å². The van der Waals surface area contributed by atoms with Crippen molar-refractivity contribution in [2.24, 2.45) is 11.8 Å². The van der Waals surface area contributed by atoms with Gasteiger partial charge in [-0.3, -0.25) is 9.59 Å². The minimum Gasteiger partial charge on any atom is -0.481 e. The van der Waals surface area contributed by atoms with Gasteiger partial charge in [-0.1, -0.05) is 0 Å². The Morgan fingerprint density at radius 1 is 1.16 bits per heavy atom. The Bertz CT molecular complexity index is 502. The van der Waals surface area contributed by atoms with Gasteiger partial charge in [0.05, 0.1) is 5.92 Å². The van der Waals surface area contributed by atoms with Crippen molar-refractivity contribution in [3.63, 3.8) is 0 Å². The van der Waals surface area contributed by atoms with Crippen molar-refractivity contribution in [3.05, 3.63) is 35.1 Å². The van der Waals surface area contributed by atoms with Gasteiger partial charge in [0, 0.05) is 11.5 Å². The number of hydrogen-bond donors (Lipinski definition) is 1. The van der Waals surface area contributed by atoms with E-state index in [-0.39, 0.29) is 23.4 Å². The molecule has 1 saturated carbocycles. The van der Waals surface area contributed by atoms with E-state index in [1.807, 2.05) is 0 Å². The lowest BCUT2D eigenvalue weighted by Crippen LogP contribution is -2.26. The predicted molar refractivity (Wildman–Crippen MR) is 68.6 cm³/mol. The van der Waals surface area contributed by atoms with Gasteiger partial charge >= 0.3 is 5.97 Å². The highest BCUT2D eigenvalue weighted by molar-refractivity contribution is 5.98. The first-order valence-corrected chi connectivity index (χ1v) is 6.52. The van der Waals surface area contributed by atoms with E-state index in [1.54, 1.807) is 13.0 Å². The first-order valence-electron chi connectivity index (χ1n) is 6.52. The van der Waals surface area contributed by atoms with Crippen LogP contribution in [0.4, 0.5) is 4.39 Å². The van der Waals surface area contributed by atoms with E-state index < -0.39 is 5.97 Å². The Balaban J connectivity index is 2.05. The lowest BCUT2D eigenvalue weighted by Gasteiger charge is -2.25. The number of aliphatic carboxylic acids is 1. The summed E-state index contributed by atoms with van der Waals surface area (Å²) < 4.78 is 13.2. The number of carbonyl (C=O) groups is 2. The molecule has 0 atom stereocenters. The molecule has 0 aliphatic heterocycles. The van der Waals surface area contributed by atoms with Crippen molar-refractivity contribution in [2.75, 3.05) is 0 Å². The van der Waals surface area contributed by atoms with Gasteiger partial charge in [-0.05, 0) is 56.4 Å². The number of carbonyl (C=O) groups excluding carboxylic acids is 1. The number of Topliss-reactive ketones (excluding diaryl/α,β-unsaturated/α-hetero) is 1. The predicted octanol–water partition coefficient (Wildman–Crippen LogP) is 3.21. The molecule has 1 N–H and O–H groups in total. The van der Waals surface area contributed by atoms with Crippen molar-refractivity contribution in [2.45, 2.75) is 32.6 Å². The van der Waals surface area contributed by atoms with Crippen LogP contribution in [0.5, 0.6) is 0 Å². The Morgan fingerprint density at radius 2 is 1.74 bits per heavy atom. The van der Waals surface area contributed by atoms with Gasteiger partial charge in [-0.25, -0.2) is 4.39 Å². The molecule has 0 bridgehead atoms. The van der Waals surface area contributed by atoms with E-state index >= 15 is 0 Å². The molecule has 2 rings (SSSR count). The third-order valence-electron chi connectivity index (χ3n) is 3.89. The highest BCUT2D eigenvalue weighted by Gasteiger charge is 2.30. The fraction of sp³-hybridized carbons (Fsp3) is 0.467. The summed E-state index contributed by atoms with van der Waals surface area (Å²) >= 11 is 0. The van der Waals surface area contributed by atoms with E-state index in [4.69, 9.17) is 5.11 Å². The van der Waals surface area contributed by atoms with Crippen LogP contribution < -0.4 is 0 Å². The van der Waals surface area contributed by atoms with Crippen LogP contribution >= 0.6 is 0 Å². The Hall–Kier alpha value is -1.71. The number of ketones is 1. The second-order valence-corrected chi connectivity index (χ2v) is 5.21. The van der Waals surface area contributed by atoms with Gasteiger partial charge in [0.15, 0.2) is 5.78 Å². The van der Waals surface area contributed by atoms with Crippen LogP contribution in [0, 0.1) is 24.6 Å². The largest absolute Gasteiger partial charge is 0.481 e. The van der Waals surface area contributed by atoms with Crippen molar-refractivity contribution < 1.29 is 19.1 Å². The summed E-state index contributed by atoms with van der Waals surface area (Å²) in [6, 6.07) is 4.39. The summed E-state index contributed by atoms with van der Waals surface area (Å²) in [5, 5.41) is 8.92. The maximum absolute atomic E-state index is 13.2. The first kappa shape index (κ1) is 13.7. The summed E-state index contributed by atoms with van der Waals surface area (Å²) in [4.78, 5) is 23.1. The van der Waals surface area contributed by atoms with Crippen LogP contribution in [0.15, 0.2) is 18.2 Å². The number of carboxylic acids is 1. The molecule has 0 heterocycles. The highest BCUT2D eigenvalue weighted by Crippen LogP contribution is 2.31. The number of benzene rings is 1. The summed E-state index contributed by atoms with van der Waals surface area (Å²) in [5.74, 6) is -1.53. The van der Waals surface area contributed by atoms with E-state index in [2.05, 4.69) is 0 Å². The van der Waals surface area contributed by atoms with Crippen LogP contribution in [-0.4, -0.2) is 16.9 Å². The molecule has 1 aliphatic carbocycles. The lowest BCUT2D eigenvalue weighted by molar-refractivity contribution is -0.143. The Kier molecular flexibility index (Phi) is 3.98. The number of hydrogen-bond acceptors (Lipinski definition) is 2. The number of carboxylic acid groups (broad SMARTS) is 1. The maximum atomic E-state index is 13.2. The monoisotopic (exact) mass is 264 g/mol.